The van der Waals surface area contributed by atoms with Crippen molar-refractivity contribution in [3.05, 3.63) is 212 Å². The average molecular weight is 1420 g/mol. The van der Waals surface area contributed by atoms with Crippen LogP contribution in [0.2, 0.25) is 66.4 Å². The van der Waals surface area contributed by atoms with Gasteiger partial charge in [-0.3, -0.25) is 15.0 Å². The van der Waals surface area contributed by atoms with Crippen molar-refractivity contribution in [2.24, 2.45) is 0 Å². The van der Waals surface area contributed by atoms with Crippen molar-refractivity contribution in [1.29, 1.82) is 0 Å². The van der Waals surface area contributed by atoms with E-state index in [1.165, 1.54) is 0 Å². The Hall–Kier alpha value is -6.16. The van der Waals surface area contributed by atoms with Gasteiger partial charge in [-0.25, -0.2) is 19.5 Å². The number of nitrogens with zero attached hydrogens (tertiary/aromatic N) is 7. The molecule has 0 spiro atoms. The first kappa shape index (κ1) is 61.9. The molecule has 0 amide bonds. The molecule has 6 heterocycles. The fraction of sp³-hybridized carbons (Fsp3) is 0.182. The topological polar surface area (TPSA) is 123 Å². The van der Waals surface area contributed by atoms with Crippen LogP contribution in [0.15, 0.2) is 197 Å². The van der Waals surface area contributed by atoms with Gasteiger partial charge in [-0.1, -0.05) is 123 Å². The van der Waals surface area contributed by atoms with Crippen molar-refractivity contribution >= 4 is 131 Å². The molecule has 12 rings (SSSR count). The van der Waals surface area contributed by atoms with Crippen LogP contribution in [-0.2, 0) is 22.9 Å². The van der Waals surface area contributed by atoms with Gasteiger partial charge in [-0.2, -0.15) is 0 Å². The normalized spacial score (nSPS) is 11.7. The van der Waals surface area contributed by atoms with Crippen LogP contribution in [0.3, 0.4) is 0 Å². The summed E-state index contributed by atoms with van der Waals surface area (Å²) in [5.41, 5.74) is 14.9. The highest BCUT2D eigenvalue weighted by Gasteiger charge is 2.24. The third-order valence-electron chi connectivity index (χ3n) is 13.9. The zero-order chi connectivity index (χ0) is 59.8. The molecule has 0 unspecified atom stereocenters. The highest BCUT2D eigenvalue weighted by Crippen LogP contribution is 2.37. The van der Waals surface area contributed by atoms with E-state index in [2.05, 4.69) is 193 Å². The number of rotatable bonds is 16. The van der Waals surface area contributed by atoms with Crippen LogP contribution in [0.25, 0.3) is 100 Å². The summed E-state index contributed by atoms with van der Waals surface area (Å²) in [5, 5.41) is 5.32. The smallest absolute Gasteiger partial charge is 0.244 e. The number of imidazole rings is 3. The number of aromatic nitrogens is 9. The van der Waals surface area contributed by atoms with Gasteiger partial charge in [0.25, 0.3) is 0 Å². The Bertz CT molecular complexity index is 4320. The molecule has 0 aliphatic heterocycles. The summed E-state index contributed by atoms with van der Waals surface area (Å²) in [6, 6.07) is 50.7. The molecule has 0 fully saturated rings. The fourth-order valence-corrected chi connectivity index (χ4v) is 12.7. The van der Waals surface area contributed by atoms with E-state index < -0.39 is 16.1 Å². The van der Waals surface area contributed by atoms with E-state index in [0.29, 0.717) is 28.5 Å². The quantitative estimate of drug-likeness (QED) is 0.0561. The number of ether oxygens (including phenoxy) is 2. The molecular weight excluding hydrogens is 1350 g/mol. The fourth-order valence-electron chi connectivity index (χ4n) is 9.54. The molecular formula is C66H62Br3Cl3N9O2Si2+. The lowest BCUT2D eigenvalue weighted by Crippen LogP contribution is -2.36. The first-order valence-corrected chi connectivity index (χ1v) is 38.5. The number of aromatic amines is 2. The molecule has 6 aromatic heterocycles. The van der Waals surface area contributed by atoms with Crippen LogP contribution in [0, 0.1) is 0 Å². The van der Waals surface area contributed by atoms with E-state index in [-0.39, 0.29) is 0 Å². The molecule has 0 aliphatic rings. The SMILES string of the molecule is C[Si](C)(C)CCOC[n+]1c[nH]c(-c2cccc(Cl)c2)c1-c1ccc2ncc(Br)cc2c1.C[Si](C)(C)CCOCn1cnc(-c2ccc3ncc(Br)cc3c2)c1-c1cccc(Cl)c1.Clc1cccc(-c2nc[nH]c2-c2ccc3ncc(Br)cc3c2)c1. The second kappa shape index (κ2) is 27.7. The lowest BCUT2D eigenvalue weighted by atomic mass is 10.0. The minimum absolute atomic E-state index is 0.458. The predicted molar refractivity (Wildman–Crippen MR) is 367 cm³/mol. The molecule has 432 valence electrons. The molecule has 0 aliphatic carbocycles. The molecule has 0 radical (unpaired) electrons. The number of nitrogens with one attached hydrogen (secondary N) is 2. The van der Waals surface area contributed by atoms with Crippen LogP contribution in [0.4, 0.5) is 0 Å². The maximum atomic E-state index is 6.32. The molecule has 0 bridgehead atoms. The zero-order valence-electron chi connectivity index (χ0n) is 47.8. The average Bonchev–Trinajstić information content (AvgIpc) is 4.40. The van der Waals surface area contributed by atoms with Gasteiger partial charge in [0.1, 0.15) is 6.73 Å². The maximum absolute atomic E-state index is 6.32. The summed E-state index contributed by atoms with van der Waals surface area (Å²) < 4.78 is 19.2. The number of hydrogen-bond acceptors (Lipinski definition) is 7. The van der Waals surface area contributed by atoms with Crippen LogP contribution < -0.4 is 4.57 Å². The summed E-state index contributed by atoms with van der Waals surface area (Å²) in [6.07, 6.45) is 11.0. The van der Waals surface area contributed by atoms with E-state index in [1.54, 1.807) is 12.5 Å². The van der Waals surface area contributed by atoms with Gasteiger partial charge >= 0.3 is 0 Å². The standard InChI is InChI=1S/2C24H25BrClN3OSi.C18H11BrClN3/c1-31(2,3)10-9-30-16-29-15-28-23(24(29)18-5-4-6-21(26)13-18)17-7-8-22-19(11-17)12-20(25)14-27-22;1-31(2,3)10-9-30-16-29-15-28-23(17-5-4-6-21(26)13-17)24(29)18-7-8-22-19(11-18)12-20(25)14-27-22;19-14-7-13-6-12(4-5-16(13)21-9-14)18-17(22-10-23-18)11-2-1-3-15(20)8-11/h2*4-8,11-15H,9-10,16H2,1-3H3;1-10H,(H,22,23)/p+1. The summed E-state index contributed by atoms with van der Waals surface area (Å²) in [6.45, 7) is 16.6. The Morgan fingerprint density at radius 1 is 0.482 bits per heavy atom. The number of halogens is 6. The third-order valence-corrected chi connectivity index (χ3v) is 19.3. The van der Waals surface area contributed by atoms with Gasteiger partial charge in [-0.05, 0) is 157 Å². The zero-order valence-corrected chi connectivity index (χ0v) is 56.8. The Morgan fingerprint density at radius 3 is 1.53 bits per heavy atom. The Labute approximate surface area is 537 Å². The van der Waals surface area contributed by atoms with Crippen molar-refractivity contribution < 1.29 is 14.0 Å². The number of fused-ring (bicyclic) bond motifs is 3. The summed E-state index contributed by atoms with van der Waals surface area (Å²) in [7, 11) is -2.27. The minimum Gasteiger partial charge on any atom is -0.361 e. The molecule has 6 aromatic carbocycles. The van der Waals surface area contributed by atoms with Crippen LogP contribution in [0.5, 0.6) is 0 Å². The predicted octanol–water partition coefficient (Wildman–Crippen LogP) is 20.1. The number of hydrogen-bond donors (Lipinski definition) is 2. The molecule has 19 heteroatoms. The summed E-state index contributed by atoms with van der Waals surface area (Å²) in [4.78, 5) is 29.3. The van der Waals surface area contributed by atoms with Crippen molar-refractivity contribution in [3.8, 4) is 67.5 Å². The van der Waals surface area contributed by atoms with E-state index in [0.717, 1.165) is 139 Å². The van der Waals surface area contributed by atoms with Gasteiger partial charge < -0.3 is 19.0 Å². The van der Waals surface area contributed by atoms with Crippen molar-refractivity contribution in [2.45, 2.75) is 64.8 Å². The number of H-pyrrole nitrogens is 2. The first-order chi connectivity index (χ1) is 40.8. The van der Waals surface area contributed by atoms with Gasteiger partial charge in [-0.15, -0.1) is 0 Å². The maximum Gasteiger partial charge on any atom is 0.244 e. The third kappa shape index (κ3) is 16.3. The van der Waals surface area contributed by atoms with Crippen LogP contribution in [-0.4, -0.2) is 68.8 Å². The largest absolute Gasteiger partial charge is 0.361 e. The Morgan fingerprint density at radius 2 is 0.953 bits per heavy atom. The highest BCUT2D eigenvalue weighted by molar-refractivity contribution is 9.11. The Kier molecular flexibility index (Phi) is 20.2. The monoisotopic (exact) mass is 1410 g/mol. The molecule has 0 atom stereocenters. The van der Waals surface area contributed by atoms with Crippen molar-refractivity contribution in [2.75, 3.05) is 13.2 Å². The van der Waals surface area contributed by atoms with Gasteiger partial charge in [0, 0.05) is 126 Å². The molecule has 11 nitrogen and oxygen atoms in total. The van der Waals surface area contributed by atoms with Gasteiger partial charge in [0.2, 0.25) is 6.33 Å². The second-order valence-electron chi connectivity index (χ2n) is 22.9. The number of benzene rings is 6. The van der Waals surface area contributed by atoms with Crippen LogP contribution >= 0.6 is 82.6 Å². The van der Waals surface area contributed by atoms with E-state index in [4.69, 9.17) is 49.3 Å². The lowest BCUT2D eigenvalue weighted by molar-refractivity contribution is -0.721. The molecule has 0 saturated heterocycles. The van der Waals surface area contributed by atoms with E-state index in [1.807, 2.05) is 104 Å². The van der Waals surface area contributed by atoms with E-state index in [9.17, 15) is 0 Å². The Balaban J connectivity index is 0.000000143. The van der Waals surface area contributed by atoms with Gasteiger partial charge in [0.15, 0.2) is 18.1 Å². The molecule has 2 N–H and O–H groups in total. The van der Waals surface area contributed by atoms with Crippen molar-refractivity contribution in [1.82, 2.24) is 39.5 Å². The second-order valence-corrected chi connectivity index (χ2v) is 38.2. The van der Waals surface area contributed by atoms with E-state index >= 15 is 0 Å². The lowest BCUT2D eigenvalue weighted by Gasteiger charge is -2.16. The number of pyridine rings is 3. The molecule has 12 aromatic rings. The van der Waals surface area contributed by atoms with Crippen LogP contribution in [0.1, 0.15) is 0 Å². The highest BCUT2D eigenvalue weighted by atomic mass is 79.9. The summed E-state index contributed by atoms with van der Waals surface area (Å²) >= 11 is 29.2. The summed E-state index contributed by atoms with van der Waals surface area (Å²) in [5.74, 6) is 0. The van der Waals surface area contributed by atoms with Gasteiger partial charge in [0.05, 0.1) is 52.0 Å². The first-order valence-electron chi connectivity index (χ1n) is 27.6. The minimum atomic E-state index is -1.14. The van der Waals surface area contributed by atoms with Crippen molar-refractivity contribution in [3.63, 3.8) is 0 Å². The molecule has 0 saturated carbocycles. The molecule has 85 heavy (non-hydrogen) atoms.